The molecule has 0 bridgehead atoms. The summed E-state index contributed by atoms with van der Waals surface area (Å²) in [6.07, 6.45) is 1.89. The summed E-state index contributed by atoms with van der Waals surface area (Å²) in [7, 11) is 0. The first-order valence-corrected chi connectivity index (χ1v) is 9.12. The van der Waals surface area contributed by atoms with Crippen LogP contribution in [-0.2, 0) is 4.79 Å². The van der Waals surface area contributed by atoms with E-state index in [4.69, 9.17) is 0 Å². The van der Waals surface area contributed by atoms with Crippen LogP contribution in [0.5, 0.6) is 0 Å². The quantitative estimate of drug-likeness (QED) is 0.716. The van der Waals surface area contributed by atoms with E-state index in [9.17, 15) is 9.59 Å². The first-order valence-electron chi connectivity index (χ1n) is 9.12. The molecule has 0 saturated heterocycles. The summed E-state index contributed by atoms with van der Waals surface area (Å²) in [4.78, 5) is 26.4. The molecule has 138 valence electrons. The minimum Gasteiger partial charge on any atom is -0.376 e. The summed E-state index contributed by atoms with van der Waals surface area (Å²) in [5.41, 5.74) is 2.25. The second-order valence-electron chi connectivity index (χ2n) is 6.14. The van der Waals surface area contributed by atoms with Crippen molar-refractivity contribution in [2.24, 2.45) is 0 Å². The third-order valence-corrected chi connectivity index (χ3v) is 3.92. The highest BCUT2D eigenvalue weighted by atomic mass is 16.2. The zero-order valence-corrected chi connectivity index (χ0v) is 15.5. The standard InChI is InChI=1S/C21H27N3O2/c1-3-14-24(15-4-2)21(26)17-10-12-18(13-11-17)22-16-20(25)23-19-8-6-5-7-9-19/h5-13,22H,3-4,14-16H2,1-2H3,(H,23,25). The average Bonchev–Trinajstić information content (AvgIpc) is 2.67. The van der Waals surface area contributed by atoms with Crippen molar-refractivity contribution in [1.29, 1.82) is 0 Å². The number of anilines is 2. The number of nitrogens with one attached hydrogen (secondary N) is 2. The molecule has 2 N–H and O–H groups in total. The Morgan fingerprint density at radius 1 is 0.846 bits per heavy atom. The minimum absolute atomic E-state index is 0.0575. The third kappa shape index (κ3) is 5.92. The van der Waals surface area contributed by atoms with Crippen molar-refractivity contribution in [3.8, 4) is 0 Å². The maximum Gasteiger partial charge on any atom is 0.253 e. The normalized spacial score (nSPS) is 10.2. The Bertz CT molecular complexity index is 693. The van der Waals surface area contributed by atoms with Crippen LogP contribution in [0.3, 0.4) is 0 Å². The number of carbonyl (C=O) groups is 2. The summed E-state index contributed by atoms with van der Waals surface area (Å²) in [5, 5.41) is 5.90. The fraction of sp³-hybridized carbons (Fsp3) is 0.333. The van der Waals surface area contributed by atoms with E-state index in [0.717, 1.165) is 37.3 Å². The lowest BCUT2D eigenvalue weighted by Gasteiger charge is -2.21. The fourth-order valence-electron chi connectivity index (χ4n) is 2.68. The van der Waals surface area contributed by atoms with Crippen LogP contribution in [0, 0.1) is 0 Å². The van der Waals surface area contributed by atoms with Crippen LogP contribution in [0.4, 0.5) is 11.4 Å². The highest BCUT2D eigenvalue weighted by molar-refractivity contribution is 5.95. The molecule has 0 radical (unpaired) electrons. The lowest BCUT2D eigenvalue weighted by Crippen LogP contribution is -2.32. The van der Waals surface area contributed by atoms with Crippen molar-refractivity contribution in [2.45, 2.75) is 26.7 Å². The van der Waals surface area contributed by atoms with Crippen molar-refractivity contribution < 1.29 is 9.59 Å². The van der Waals surface area contributed by atoms with Crippen LogP contribution in [0.2, 0.25) is 0 Å². The molecule has 2 rings (SSSR count). The van der Waals surface area contributed by atoms with Gasteiger partial charge < -0.3 is 15.5 Å². The number of amides is 2. The predicted octanol–water partition coefficient (Wildman–Crippen LogP) is 4.00. The maximum atomic E-state index is 12.5. The summed E-state index contributed by atoms with van der Waals surface area (Å²) in [6.45, 7) is 5.85. The molecule has 0 unspecified atom stereocenters. The Morgan fingerprint density at radius 2 is 1.46 bits per heavy atom. The summed E-state index contributed by atoms with van der Waals surface area (Å²) >= 11 is 0. The lowest BCUT2D eigenvalue weighted by atomic mass is 10.1. The first kappa shape index (κ1) is 19.5. The van der Waals surface area contributed by atoms with Gasteiger partial charge in [-0.25, -0.2) is 0 Å². The molecular formula is C21H27N3O2. The Hall–Kier alpha value is -2.82. The molecule has 0 heterocycles. The van der Waals surface area contributed by atoms with E-state index in [2.05, 4.69) is 24.5 Å². The molecule has 0 aliphatic rings. The van der Waals surface area contributed by atoms with Gasteiger partial charge in [0.25, 0.3) is 5.91 Å². The van der Waals surface area contributed by atoms with Crippen molar-refractivity contribution in [3.05, 3.63) is 60.2 Å². The van der Waals surface area contributed by atoms with Gasteiger partial charge in [-0.3, -0.25) is 9.59 Å². The van der Waals surface area contributed by atoms with Gasteiger partial charge in [-0.15, -0.1) is 0 Å². The summed E-state index contributed by atoms with van der Waals surface area (Å²) in [5.74, 6) is -0.0597. The molecule has 0 aliphatic heterocycles. The molecule has 2 amide bonds. The first-order chi connectivity index (χ1) is 12.6. The molecule has 0 aromatic heterocycles. The molecule has 5 nitrogen and oxygen atoms in total. The molecule has 0 atom stereocenters. The van der Waals surface area contributed by atoms with E-state index in [-0.39, 0.29) is 18.4 Å². The molecule has 2 aromatic carbocycles. The highest BCUT2D eigenvalue weighted by Gasteiger charge is 2.14. The smallest absolute Gasteiger partial charge is 0.253 e. The molecular weight excluding hydrogens is 326 g/mol. The van der Waals surface area contributed by atoms with Crippen molar-refractivity contribution in [2.75, 3.05) is 30.3 Å². The molecule has 5 heteroatoms. The van der Waals surface area contributed by atoms with Crippen molar-refractivity contribution in [3.63, 3.8) is 0 Å². The van der Waals surface area contributed by atoms with E-state index in [1.807, 2.05) is 47.4 Å². The number of para-hydroxylation sites is 1. The largest absolute Gasteiger partial charge is 0.376 e. The van der Waals surface area contributed by atoms with Crippen molar-refractivity contribution in [1.82, 2.24) is 4.90 Å². The molecule has 2 aromatic rings. The Morgan fingerprint density at radius 3 is 2.04 bits per heavy atom. The molecule has 0 spiro atoms. The second kappa shape index (κ2) is 10.2. The Labute approximate surface area is 155 Å². The highest BCUT2D eigenvalue weighted by Crippen LogP contribution is 2.12. The van der Waals surface area contributed by atoms with E-state index in [0.29, 0.717) is 5.56 Å². The van der Waals surface area contributed by atoms with E-state index in [1.165, 1.54) is 0 Å². The molecule has 26 heavy (non-hydrogen) atoms. The van der Waals surface area contributed by atoms with E-state index < -0.39 is 0 Å². The number of carbonyl (C=O) groups excluding carboxylic acids is 2. The van der Waals surface area contributed by atoms with Gasteiger partial charge in [-0.1, -0.05) is 32.0 Å². The predicted molar refractivity (Wildman–Crippen MR) is 106 cm³/mol. The topological polar surface area (TPSA) is 61.4 Å². The SMILES string of the molecule is CCCN(CCC)C(=O)c1ccc(NCC(=O)Nc2ccccc2)cc1. The summed E-state index contributed by atoms with van der Waals surface area (Å²) in [6, 6.07) is 16.6. The van der Waals surface area contributed by atoms with Gasteiger partial charge in [0.2, 0.25) is 5.91 Å². The average molecular weight is 353 g/mol. The van der Waals surface area contributed by atoms with Crippen molar-refractivity contribution >= 4 is 23.2 Å². The van der Waals surface area contributed by atoms with Gasteiger partial charge in [0.05, 0.1) is 6.54 Å². The van der Waals surface area contributed by atoms with E-state index >= 15 is 0 Å². The van der Waals surface area contributed by atoms with Gasteiger partial charge in [0.1, 0.15) is 0 Å². The molecule has 0 saturated carbocycles. The van der Waals surface area contributed by atoms with Crippen LogP contribution in [-0.4, -0.2) is 36.3 Å². The number of rotatable bonds is 9. The Kier molecular flexibility index (Phi) is 7.68. The van der Waals surface area contributed by atoms with Crippen LogP contribution in [0.1, 0.15) is 37.0 Å². The van der Waals surface area contributed by atoms with Crippen LogP contribution in [0.25, 0.3) is 0 Å². The minimum atomic E-state index is -0.117. The summed E-state index contributed by atoms with van der Waals surface area (Å²) < 4.78 is 0. The number of hydrogen-bond donors (Lipinski definition) is 2. The monoisotopic (exact) mass is 353 g/mol. The fourth-order valence-corrected chi connectivity index (χ4v) is 2.68. The number of nitrogens with zero attached hydrogens (tertiary/aromatic N) is 1. The van der Waals surface area contributed by atoms with Gasteiger partial charge in [0.15, 0.2) is 0 Å². The lowest BCUT2D eigenvalue weighted by molar-refractivity contribution is -0.114. The van der Waals surface area contributed by atoms with E-state index in [1.54, 1.807) is 12.1 Å². The second-order valence-corrected chi connectivity index (χ2v) is 6.14. The van der Waals surface area contributed by atoms with Gasteiger partial charge in [0, 0.05) is 30.0 Å². The third-order valence-electron chi connectivity index (χ3n) is 3.92. The van der Waals surface area contributed by atoms with Gasteiger partial charge in [-0.2, -0.15) is 0 Å². The van der Waals surface area contributed by atoms with Gasteiger partial charge in [-0.05, 0) is 49.2 Å². The number of hydrogen-bond acceptors (Lipinski definition) is 3. The Balaban J connectivity index is 1.88. The molecule has 0 aliphatic carbocycles. The van der Waals surface area contributed by atoms with Crippen LogP contribution in [0.15, 0.2) is 54.6 Å². The zero-order valence-electron chi connectivity index (χ0n) is 15.5. The maximum absolute atomic E-state index is 12.5. The van der Waals surface area contributed by atoms with Crippen LogP contribution >= 0.6 is 0 Å². The zero-order chi connectivity index (χ0) is 18.8. The van der Waals surface area contributed by atoms with Gasteiger partial charge >= 0.3 is 0 Å². The van der Waals surface area contributed by atoms with Crippen LogP contribution < -0.4 is 10.6 Å². The number of benzene rings is 2. The molecule has 0 fully saturated rings.